The number of carbonyl (C=O) groups is 1. The molecule has 2 aromatic rings. The molecule has 0 aromatic heterocycles. The zero-order chi connectivity index (χ0) is 22.4. The van der Waals surface area contributed by atoms with Crippen LogP contribution in [0.5, 0.6) is 0 Å². The van der Waals surface area contributed by atoms with Gasteiger partial charge in [-0.2, -0.15) is 18.2 Å². The third kappa shape index (κ3) is 4.79. The van der Waals surface area contributed by atoms with Crippen LogP contribution in [-0.4, -0.2) is 42.3 Å². The number of amidine groups is 1. The van der Waals surface area contributed by atoms with Gasteiger partial charge in [0.2, 0.25) is 0 Å². The molecule has 0 radical (unpaired) electrons. The van der Waals surface area contributed by atoms with E-state index in [1.54, 1.807) is 6.07 Å². The van der Waals surface area contributed by atoms with E-state index in [4.69, 9.17) is 0 Å². The molecule has 164 valence electrons. The monoisotopic (exact) mass is 468 g/mol. The Morgan fingerprint density at radius 2 is 1.90 bits per heavy atom. The zero-order valence-electron chi connectivity index (χ0n) is 16.5. The number of sulfone groups is 1. The number of carbonyl (C=O) groups excluding carboxylic acids is 1. The van der Waals surface area contributed by atoms with E-state index < -0.39 is 33.5 Å². The Bertz CT molecular complexity index is 1160. The third-order valence-corrected chi connectivity index (χ3v) is 8.39. The normalized spacial score (nSPS) is 23.9. The van der Waals surface area contributed by atoms with Gasteiger partial charge in [-0.15, -0.1) is 0 Å². The van der Waals surface area contributed by atoms with Gasteiger partial charge in [0, 0.05) is 10.9 Å². The molecule has 0 N–H and O–H groups in total. The van der Waals surface area contributed by atoms with E-state index in [0.29, 0.717) is 0 Å². The van der Waals surface area contributed by atoms with Crippen molar-refractivity contribution in [2.45, 2.75) is 30.8 Å². The van der Waals surface area contributed by atoms with Crippen LogP contribution in [0.15, 0.2) is 53.5 Å². The fourth-order valence-electron chi connectivity index (χ4n) is 3.84. The van der Waals surface area contributed by atoms with Crippen molar-refractivity contribution in [3.63, 3.8) is 0 Å². The Morgan fingerprint density at radius 3 is 2.61 bits per heavy atom. The van der Waals surface area contributed by atoms with Gasteiger partial charge < -0.3 is 4.90 Å². The second kappa shape index (κ2) is 7.98. The maximum atomic E-state index is 13.2. The van der Waals surface area contributed by atoms with Crippen LogP contribution in [-0.2, 0) is 27.2 Å². The van der Waals surface area contributed by atoms with Gasteiger partial charge in [0.25, 0.3) is 5.91 Å². The number of benzene rings is 2. The van der Waals surface area contributed by atoms with E-state index in [2.05, 4.69) is 4.99 Å². The minimum atomic E-state index is -4.54. The topological polar surface area (TPSA) is 66.8 Å². The highest BCUT2D eigenvalue weighted by molar-refractivity contribution is 8.16. The van der Waals surface area contributed by atoms with Crippen molar-refractivity contribution in [2.75, 3.05) is 16.4 Å². The summed E-state index contributed by atoms with van der Waals surface area (Å²) in [4.78, 5) is 18.3. The molecule has 0 aliphatic carbocycles. The highest BCUT2D eigenvalue weighted by Crippen LogP contribution is 2.42. The number of nitrogens with zero attached hydrogens (tertiary/aromatic N) is 2. The van der Waals surface area contributed by atoms with Crippen LogP contribution in [0.4, 0.5) is 18.9 Å². The van der Waals surface area contributed by atoms with Crippen LogP contribution in [0.2, 0.25) is 0 Å². The van der Waals surface area contributed by atoms with Crippen LogP contribution in [0, 0.1) is 6.92 Å². The number of thioether (sulfide) groups is 1. The van der Waals surface area contributed by atoms with Gasteiger partial charge in [-0.1, -0.05) is 47.7 Å². The van der Waals surface area contributed by atoms with Crippen LogP contribution >= 0.6 is 11.8 Å². The maximum absolute atomic E-state index is 13.2. The number of anilines is 1. The Kier molecular flexibility index (Phi) is 5.63. The van der Waals surface area contributed by atoms with Crippen LogP contribution in [0.3, 0.4) is 0 Å². The molecular weight excluding hydrogens is 449 g/mol. The first-order valence-electron chi connectivity index (χ1n) is 9.52. The van der Waals surface area contributed by atoms with E-state index in [1.807, 2.05) is 25.1 Å². The molecule has 5 nitrogen and oxygen atoms in total. The molecule has 2 fully saturated rings. The fourth-order valence-corrected chi connectivity index (χ4v) is 7.77. The lowest BCUT2D eigenvalue weighted by Crippen LogP contribution is -2.38. The first-order valence-corrected chi connectivity index (χ1v) is 12.2. The number of hydrogen-bond acceptors (Lipinski definition) is 4. The summed E-state index contributed by atoms with van der Waals surface area (Å²) >= 11 is 1.14. The quantitative estimate of drug-likeness (QED) is 0.685. The average Bonchev–Trinajstić information content (AvgIpc) is 3.11. The van der Waals surface area contributed by atoms with E-state index >= 15 is 0 Å². The standard InChI is InChI=1S/C21H19F3N2O3S2/c1-13-4-2-5-14(8-13)9-19(27)25-20-26(17-11-31(28,29)12-18(17)30-20)16-7-3-6-15(10-16)21(22,23)24/h2-8,10,17-18H,9,11-12H2,1H3/t17-,18+/m1/s1. The molecular formula is C21H19F3N2O3S2. The smallest absolute Gasteiger partial charge is 0.316 e. The third-order valence-electron chi connectivity index (χ3n) is 5.18. The number of aliphatic imine (C=N–C) groups is 1. The molecule has 0 unspecified atom stereocenters. The van der Waals surface area contributed by atoms with Gasteiger partial charge in [-0.05, 0) is 30.7 Å². The number of hydrogen-bond donors (Lipinski definition) is 0. The molecule has 2 atom stereocenters. The summed E-state index contributed by atoms with van der Waals surface area (Å²) in [5, 5.41) is -0.146. The second-order valence-corrected chi connectivity index (χ2v) is 11.0. The van der Waals surface area contributed by atoms with Crippen molar-refractivity contribution in [1.29, 1.82) is 0 Å². The van der Waals surface area contributed by atoms with E-state index in [9.17, 15) is 26.4 Å². The number of fused-ring (bicyclic) bond motifs is 1. The van der Waals surface area contributed by atoms with Crippen LogP contribution in [0.25, 0.3) is 0 Å². The largest absolute Gasteiger partial charge is 0.416 e. The van der Waals surface area contributed by atoms with Crippen LogP contribution < -0.4 is 4.90 Å². The van der Waals surface area contributed by atoms with Gasteiger partial charge >= 0.3 is 6.18 Å². The molecule has 10 heteroatoms. The average molecular weight is 469 g/mol. The molecule has 1 amide bonds. The summed E-state index contributed by atoms with van der Waals surface area (Å²) in [5.74, 6) is -0.720. The molecule has 2 heterocycles. The summed E-state index contributed by atoms with van der Waals surface area (Å²) in [6.07, 6.45) is -4.49. The fraction of sp³-hybridized carbons (Fsp3) is 0.333. The number of alkyl halides is 3. The van der Waals surface area contributed by atoms with E-state index in [1.165, 1.54) is 17.0 Å². The first kappa shape index (κ1) is 21.9. The number of amides is 1. The molecule has 0 bridgehead atoms. The summed E-state index contributed by atoms with van der Waals surface area (Å²) in [7, 11) is -3.31. The number of rotatable bonds is 3. The molecule has 31 heavy (non-hydrogen) atoms. The highest BCUT2D eigenvalue weighted by Gasteiger charge is 2.49. The molecule has 0 spiro atoms. The Morgan fingerprint density at radius 1 is 1.16 bits per heavy atom. The van der Waals surface area contributed by atoms with Crippen molar-refractivity contribution in [2.24, 2.45) is 4.99 Å². The predicted molar refractivity (Wildman–Crippen MR) is 115 cm³/mol. The second-order valence-electron chi connectivity index (χ2n) is 7.67. The molecule has 2 saturated heterocycles. The van der Waals surface area contributed by atoms with Gasteiger partial charge in [0.1, 0.15) is 0 Å². The summed E-state index contributed by atoms with van der Waals surface area (Å²) in [5.41, 5.74) is 1.11. The Labute approximate surface area is 182 Å². The molecule has 2 aliphatic rings. The number of aryl methyl sites for hydroxylation is 1. The highest BCUT2D eigenvalue weighted by atomic mass is 32.2. The predicted octanol–water partition coefficient (Wildman–Crippen LogP) is 3.86. The van der Waals surface area contributed by atoms with Crippen molar-refractivity contribution in [3.8, 4) is 0 Å². The van der Waals surface area contributed by atoms with Crippen molar-refractivity contribution < 1.29 is 26.4 Å². The Hall–Kier alpha value is -2.33. The minimum Gasteiger partial charge on any atom is -0.316 e. The summed E-state index contributed by atoms with van der Waals surface area (Å²) in [6, 6.07) is 11.5. The zero-order valence-corrected chi connectivity index (χ0v) is 18.1. The summed E-state index contributed by atoms with van der Waals surface area (Å²) < 4.78 is 63.9. The van der Waals surface area contributed by atoms with Gasteiger partial charge in [0.15, 0.2) is 15.0 Å². The van der Waals surface area contributed by atoms with Crippen molar-refractivity contribution in [1.82, 2.24) is 0 Å². The molecule has 4 rings (SSSR count). The van der Waals surface area contributed by atoms with E-state index in [-0.39, 0.29) is 34.0 Å². The van der Waals surface area contributed by atoms with E-state index in [0.717, 1.165) is 35.0 Å². The van der Waals surface area contributed by atoms with Gasteiger partial charge in [-0.3, -0.25) is 4.79 Å². The van der Waals surface area contributed by atoms with Crippen molar-refractivity contribution >= 4 is 38.4 Å². The molecule has 0 saturated carbocycles. The lowest BCUT2D eigenvalue weighted by Gasteiger charge is -2.25. The van der Waals surface area contributed by atoms with Crippen molar-refractivity contribution in [3.05, 3.63) is 65.2 Å². The van der Waals surface area contributed by atoms with Gasteiger partial charge in [-0.25, -0.2) is 8.42 Å². The Balaban J connectivity index is 1.68. The first-order chi connectivity index (χ1) is 14.5. The lowest BCUT2D eigenvalue weighted by atomic mass is 10.1. The summed E-state index contributed by atoms with van der Waals surface area (Å²) in [6.45, 7) is 1.91. The minimum absolute atomic E-state index is 0.0514. The molecule has 2 aliphatic heterocycles. The SMILES string of the molecule is Cc1cccc(CC(=O)N=C2S[C@H]3CS(=O)(=O)C[C@H]3N2c2cccc(C(F)(F)F)c2)c1. The maximum Gasteiger partial charge on any atom is 0.416 e. The van der Waals surface area contributed by atoms with Crippen LogP contribution in [0.1, 0.15) is 16.7 Å². The lowest BCUT2D eigenvalue weighted by molar-refractivity contribution is -0.137. The number of halogens is 3. The van der Waals surface area contributed by atoms with Gasteiger partial charge in [0.05, 0.1) is 29.5 Å². The molecule has 2 aromatic carbocycles.